The second-order valence-corrected chi connectivity index (χ2v) is 10.6. The first-order valence-corrected chi connectivity index (χ1v) is 13.7. The molecule has 1 aromatic heterocycles. The molecule has 3 heterocycles. The molecule has 0 radical (unpaired) electrons. The molecule has 1 saturated carbocycles. The maximum Gasteiger partial charge on any atom is 0.272 e. The summed E-state index contributed by atoms with van der Waals surface area (Å²) in [7, 11) is 1.47. The smallest absolute Gasteiger partial charge is 0.272 e. The third kappa shape index (κ3) is 7.10. The van der Waals surface area contributed by atoms with Gasteiger partial charge in [0.1, 0.15) is 30.7 Å². The number of oxime groups is 1. The topological polar surface area (TPSA) is 132 Å². The molecule has 0 spiro atoms. The predicted molar refractivity (Wildman–Crippen MR) is 146 cm³/mol. The van der Waals surface area contributed by atoms with Crippen molar-refractivity contribution in [2.75, 3.05) is 45.2 Å². The minimum Gasteiger partial charge on any atom is -0.399 e. The monoisotopic (exact) mass is 535 g/mol. The molecule has 2 amide bonds. The zero-order valence-corrected chi connectivity index (χ0v) is 22.4. The van der Waals surface area contributed by atoms with E-state index in [9.17, 15) is 14.7 Å². The summed E-state index contributed by atoms with van der Waals surface area (Å²) in [5.41, 5.74) is 3.38. The van der Waals surface area contributed by atoms with Crippen molar-refractivity contribution in [2.45, 2.75) is 50.8 Å². The Morgan fingerprint density at radius 3 is 2.79 bits per heavy atom. The number of likely N-dealkylation sites (tertiary alicyclic amines) is 1. The molecule has 2 aromatic rings. The molecule has 1 aliphatic carbocycles. The van der Waals surface area contributed by atoms with Gasteiger partial charge in [-0.2, -0.15) is 0 Å². The van der Waals surface area contributed by atoms with Crippen LogP contribution < -0.4 is 10.6 Å². The van der Waals surface area contributed by atoms with Crippen molar-refractivity contribution in [2.24, 2.45) is 11.1 Å². The number of rotatable bonds is 10. The molecule has 1 saturated heterocycles. The summed E-state index contributed by atoms with van der Waals surface area (Å²) < 4.78 is 0. The van der Waals surface area contributed by atoms with Crippen molar-refractivity contribution in [3.8, 4) is 0 Å². The Labute approximate surface area is 228 Å². The molecule has 11 nitrogen and oxygen atoms in total. The number of carbonyl (C=O) groups is 2. The molecule has 2 fully saturated rings. The van der Waals surface area contributed by atoms with Crippen LogP contribution in [-0.2, 0) is 22.6 Å². The predicted octanol–water partition coefficient (Wildman–Crippen LogP) is 1.44. The number of hydrogen-bond acceptors (Lipinski definition) is 9. The quantitative estimate of drug-likeness (QED) is 0.308. The molecule has 3 N–H and O–H groups in total. The summed E-state index contributed by atoms with van der Waals surface area (Å²) in [6.45, 7) is 3.50. The lowest BCUT2D eigenvalue weighted by Gasteiger charge is -2.33. The average Bonchev–Trinajstić information content (AvgIpc) is 3.80. The number of carbonyl (C=O) groups excluding carboxylic acids is 2. The third-order valence-corrected chi connectivity index (χ3v) is 7.51. The summed E-state index contributed by atoms with van der Waals surface area (Å²) >= 11 is 0. The number of hydrogen-bond donors (Lipinski definition) is 3. The fourth-order valence-corrected chi connectivity index (χ4v) is 5.33. The third-order valence-electron chi connectivity index (χ3n) is 7.51. The fraction of sp³-hybridized carbons (Fsp3) is 0.536. The van der Waals surface area contributed by atoms with E-state index >= 15 is 0 Å². The van der Waals surface area contributed by atoms with Crippen LogP contribution in [0.3, 0.4) is 0 Å². The van der Waals surface area contributed by atoms with Crippen molar-refractivity contribution in [3.63, 3.8) is 0 Å². The number of anilines is 1. The number of nitrogens with zero attached hydrogens (tertiary/aromatic N) is 5. The Kier molecular flexibility index (Phi) is 8.67. The SMILES string of the molecule is CON=C(C(=O)N1CCCC(Nc2cc(C(=O)NC[C@H](O)CN3CCc4ccccc4C3)ncn2)C1)C1CC1. The van der Waals surface area contributed by atoms with E-state index in [4.69, 9.17) is 4.84 Å². The Bertz CT molecular complexity index is 1200. The van der Waals surface area contributed by atoms with Gasteiger partial charge in [-0.1, -0.05) is 29.4 Å². The highest BCUT2D eigenvalue weighted by molar-refractivity contribution is 6.40. The highest BCUT2D eigenvalue weighted by Crippen LogP contribution is 2.32. The van der Waals surface area contributed by atoms with Crippen LogP contribution in [0.1, 0.15) is 47.3 Å². The van der Waals surface area contributed by atoms with E-state index in [0.717, 1.165) is 45.2 Å². The number of amides is 2. The molecular formula is C28H37N7O4. The lowest BCUT2D eigenvalue weighted by Crippen LogP contribution is -2.48. The second kappa shape index (κ2) is 12.5. The van der Waals surface area contributed by atoms with Gasteiger partial charge in [-0.15, -0.1) is 0 Å². The van der Waals surface area contributed by atoms with Gasteiger partial charge < -0.3 is 25.5 Å². The van der Waals surface area contributed by atoms with Crippen LogP contribution in [0.4, 0.5) is 5.82 Å². The first kappa shape index (κ1) is 27.0. The highest BCUT2D eigenvalue weighted by atomic mass is 16.6. The van der Waals surface area contributed by atoms with Gasteiger partial charge >= 0.3 is 0 Å². The summed E-state index contributed by atoms with van der Waals surface area (Å²) in [5.74, 6) is 0.286. The Hall–Kier alpha value is -3.57. The van der Waals surface area contributed by atoms with Crippen LogP contribution in [0.15, 0.2) is 41.8 Å². The van der Waals surface area contributed by atoms with Crippen molar-refractivity contribution >= 4 is 23.3 Å². The van der Waals surface area contributed by atoms with Crippen molar-refractivity contribution < 1.29 is 19.5 Å². The number of aliphatic hydroxyl groups is 1. The van der Waals surface area contributed by atoms with E-state index in [1.165, 1.54) is 24.6 Å². The van der Waals surface area contributed by atoms with Crippen LogP contribution >= 0.6 is 0 Å². The van der Waals surface area contributed by atoms with Gasteiger partial charge in [-0.05, 0) is 43.2 Å². The van der Waals surface area contributed by atoms with Gasteiger partial charge in [0, 0.05) is 57.3 Å². The molecule has 11 heteroatoms. The summed E-state index contributed by atoms with van der Waals surface area (Å²) in [6, 6.07) is 9.97. The number of aliphatic hydroxyl groups excluding tert-OH is 1. The van der Waals surface area contributed by atoms with E-state index in [2.05, 4.69) is 48.9 Å². The average molecular weight is 536 g/mol. The zero-order chi connectivity index (χ0) is 27.2. The zero-order valence-electron chi connectivity index (χ0n) is 22.4. The van der Waals surface area contributed by atoms with Gasteiger partial charge in [0.15, 0.2) is 0 Å². The number of benzene rings is 1. The molecule has 1 aromatic carbocycles. The van der Waals surface area contributed by atoms with Gasteiger partial charge in [-0.3, -0.25) is 14.5 Å². The van der Waals surface area contributed by atoms with Crippen molar-refractivity contribution in [1.82, 2.24) is 25.1 Å². The van der Waals surface area contributed by atoms with E-state index in [1.807, 2.05) is 11.0 Å². The molecule has 208 valence electrons. The standard InChI is InChI=1S/C28H37N7O4/c1-39-33-26(20-8-9-20)28(38)35-11-4-7-22(16-35)32-25-13-24(30-18-31-25)27(37)29-14-23(36)17-34-12-10-19-5-2-3-6-21(19)15-34/h2-3,5-6,13,18,20,22-23,36H,4,7-12,14-17H2,1H3,(H,29,37)(H,30,31,32)/t22?,23-/m0/s1. The molecule has 2 aliphatic heterocycles. The molecule has 5 rings (SSSR count). The first-order valence-electron chi connectivity index (χ1n) is 13.7. The largest absolute Gasteiger partial charge is 0.399 e. The molecule has 3 aliphatic rings. The van der Waals surface area contributed by atoms with Crippen LogP contribution in [0, 0.1) is 5.92 Å². The minimum absolute atomic E-state index is 0.00648. The number of β-amino-alcohol motifs (C(OH)–C–C–N with tert-alkyl or cyclic N) is 1. The van der Waals surface area contributed by atoms with Gasteiger partial charge in [-0.25, -0.2) is 9.97 Å². The maximum atomic E-state index is 13.0. The number of fused-ring (bicyclic) bond motifs is 1. The molecule has 1 unspecified atom stereocenters. The van der Waals surface area contributed by atoms with E-state index < -0.39 is 6.10 Å². The Morgan fingerprint density at radius 2 is 2.00 bits per heavy atom. The molecular weight excluding hydrogens is 498 g/mol. The summed E-state index contributed by atoms with van der Waals surface area (Å²) in [4.78, 5) is 43.1. The minimum atomic E-state index is -0.688. The van der Waals surface area contributed by atoms with Gasteiger partial charge in [0.2, 0.25) is 0 Å². The van der Waals surface area contributed by atoms with Crippen LogP contribution in [0.5, 0.6) is 0 Å². The van der Waals surface area contributed by atoms with Crippen LogP contribution in [-0.4, -0.2) is 94.4 Å². The van der Waals surface area contributed by atoms with Crippen LogP contribution in [0.25, 0.3) is 0 Å². The first-order chi connectivity index (χ1) is 19.0. The second-order valence-electron chi connectivity index (χ2n) is 10.6. The summed E-state index contributed by atoms with van der Waals surface area (Å²) in [6.07, 6.45) is 5.29. The Balaban J connectivity index is 1.10. The van der Waals surface area contributed by atoms with Crippen molar-refractivity contribution in [1.29, 1.82) is 0 Å². The van der Waals surface area contributed by atoms with Gasteiger partial charge in [0.05, 0.1) is 6.10 Å². The number of aromatic nitrogens is 2. The lowest BCUT2D eigenvalue weighted by atomic mass is 10.00. The van der Waals surface area contributed by atoms with E-state index in [0.29, 0.717) is 31.2 Å². The van der Waals surface area contributed by atoms with Crippen LogP contribution in [0.2, 0.25) is 0 Å². The molecule has 2 atom stereocenters. The van der Waals surface area contributed by atoms with Gasteiger partial charge in [0.25, 0.3) is 11.8 Å². The molecule has 39 heavy (non-hydrogen) atoms. The lowest BCUT2D eigenvalue weighted by molar-refractivity contribution is -0.125. The number of piperidine rings is 1. The maximum absolute atomic E-state index is 13.0. The molecule has 0 bridgehead atoms. The van der Waals surface area contributed by atoms with Crippen molar-refractivity contribution in [3.05, 3.63) is 53.5 Å². The summed E-state index contributed by atoms with van der Waals surface area (Å²) in [5, 5.41) is 20.7. The highest BCUT2D eigenvalue weighted by Gasteiger charge is 2.37. The number of nitrogens with one attached hydrogen (secondary N) is 2. The fourth-order valence-electron chi connectivity index (χ4n) is 5.33. The van der Waals surface area contributed by atoms with E-state index in [-0.39, 0.29) is 36.0 Å². The Morgan fingerprint density at radius 1 is 1.18 bits per heavy atom. The normalized spacial score (nSPS) is 20.6. The van der Waals surface area contributed by atoms with E-state index in [1.54, 1.807) is 6.07 Å².